The summed E-state index contributed by atoms with van der Waals surface area (Å²) in [5.74, 6) is 1.36. The van der Waals surface area contributed by atoms with Crippen LogP contribution < -0.4 is 15.8 Å². The van der Waals surface area contributed by atoms with Crippen LogP contribution in [0.25, 0.3) is 0 Å². The molecule has 0 amide bonds. The molecule has 0 saturated carbocycles. The van der Waals surface area contributed by atoms with Gasteiger partial charge in [0.1, 0.15) is 12.4 Å². The smallest absolute Gasteiger partial charge is 0.232 e. The van der Waals surface area contributed by atoms with Crippen LogP contribution in [-0.2, 0) is 6.61 Å². The van der Waals surface area contributed by atoms with E-state index in [0.717, 1.165) is 11.4 Å². The number of nitrogens with one attached hydrogen (secondary N) is 1. The zero-order chi connectivity index (χ0) is 14.5. The summed E-state index contributed by atoms with van der Waals surface area (Å²) in [6, 6.07) is 7.38. The predicted molar refractivity (Wildman–Crippen MR) is 75.7 cm³/mol. The summed E-state index contributed by atoms with van der Waals surface area (Å²) >= 11 is 0. The van der Waals surface area contributed by atoms with Crippen LogP contribution in [-0.4, -0.2) is 26.2 Å². The van der Waals surface area contributed by atoms with E-state index in [-0.39, 0.29) is 24.5 Å². The quantitative estimate of drug-likeness (QED) is 0.758. The molecule has 20 heavy (non-hydrogen) atoms. The highest BCUT2D eigenvalue weighted by Gasteiger charge is 2.04. The standard InChI is InChI=1S/C13H17N5O2/c1-8(2)20-10-5-3-9(4-6-10)15-13-17-11(7-19)16-12(14)18-13/h3-6,8,19H,7H2,1-2H3,(H3,14,15,16,17,18). The number of aromatic nitrogens is 3. The molecule has 0 spiro atoms. The fourth-order valence-corrected chi connectivity index (χ4v) is 1.58. The topological polar surface area (TPSA) is 106 Å². The first-order valence-corrected chi connectivity index (χ1v) is 6.22. The Bertz CT molecular complexity index is 571. The van der Waals surface area contributed by atoms with Gasteiger partial charge in [0, 0.05) is 5.69 Å². The highest BCUT2D eigenvalue weighted by Crippen LogP contribution is 2.19. The summed E-state index contributed by atoms with van der Waals surface area (Å²) < 4.78 is 5.55. The van der Waals surface area contributed by atoms with Crippen molar-refractivity contribution in [2.75, 3.05) is 11.1 Å². The normalized spacial score (nSPS) is 10.6. The van der Waals surface area contributed by atoms with Crippen LogP contribution in [0.1, 0.15) is 19.7 Å². The van der Waals surface area contributed by atoms with Crippen molar-refractivity contribution in [3.63, 3.8) is 0 Å². The second-order valence-corrected chi connectivity index (χ2v) is 4.41. The van der Waals surface area contributed by atoms with Crippen molar-refractivity contribution in [1.82, 2.24) is 15.0 Å². The molecule has 106 valence electrons. The maximum atomic E-state index is 9.02. The van der Waals surface area contributed by atoms with E-state index < -0.39 is 0 Å². The minimum Gasteiger partial charge on any atom is -0.491 e. The predicted octanol–water partition coefficient (Wildman–Crippen LogP) is 1.48. The molecule has 0 unspecified atom stereocenters. The summed E-state index contributed by atoms with van der Waals surface area (Å²) in [6.07, 6.45) is 0.129. The molecule has 0 aliphatic rings. The molecule has 4 N–H and O–H groups in total. The van der Waals surface area contributed by atoms with Crippen LogP contribution >= 0.6 is 0 Å². The zero-order valence-corrected chi connectivity index (χ0v) is 11.4. The Hall–Kier alpha value is -2.41. The average Bonchev–Trinajstić information content (AvgIpc) is 2.39. The molecule has 0 aliphatic heterocycles. The Kier molecular flexibility index (Phi) is 4.31. The lowest BCUT2D eigenvalue weighted by molar-refractivity contribution is 0.242. The van der Waals surface area contributed by atoms with E-state index in [1.165, 1.54) is 0 Å². The van der Waals surface area contributed by atoms with E-state index in [2.05, 4.69) is 20.3 Å². The Labute approximate surface area is 116 Å². The highest BCUT2D eigenvalue weighted by atomic mass is 16.5. The first-order valence-electron chi connectivity index (χ1n) is 6.22. The maximum absolute atomic E-state index is 9.02. The Morgan fingerprint density at radius 3 is 2.50 bits per heavy atom. The van der Waals surface area contributed by atoms with E-state index in [1.807, 2.05) is 38.1 Å². The second-order valence-electron chi connectivity index (χ2n) is 4.41. The van der Waals surface area contributed by atoms with Gasteiger partial charge in [-0.15, -0.1) is 0 Å². The molecular weight excluding hydrogens is 258 g/mol. The van der Waals surface area contributed by atoms with Crippen LogP contribution in [0.3, 0.4) is 0 Å². The molecule has 2 aromatic rings. The fourth-order valence-electron chi connectivity index (χ4n) is 1.58. The molecule has 0 aliphatic carbocycles. The van der Waals surface area contributed by atoms with E-state index in [0.29, 0.717) is 5.95 Å². The molecule has 0 fully saturated rings. The third kappa shape index (κ3) is 3.79. The summed E-state index contributed by atoms with van der Waals surface area (Å²) in [5.41, 5.74) is 6.32. The maximum Gasteiger partial charge on any atom is 0.232 e. The second kappa shape index (κ2) is 6.16. The van der Waals surface area contributed by atoms with Gasteiger partial charge in [-0.05, 0) is 38.1 Å². The van der Waals surface area contributed by atoms with Gasteiger partial charge in [-0.2, -0.15) is 15.0 Å². The van der Waals surface area contributed by atoms with E-state index in [4.69, 9.17) is 15.6 Å². The van der Waals surface area contributed by atoms with Crippen LogP contribution in [0.15, 0.2) is 24.3 Å². The Morgan fingerprint density at radius 1 is 1.20 bits per heavy atom. The molecule has 1 aromatic heterocycles. The minimum absolute atomic E-state index is 0.0614. The van der Waals surface area contributed by atoms with Gasteiger partial charge in [0.25, 0.3) is 0 Å². The van der Waals surface area contributed by atoms with Gasteiger partial charge in [-0.25, -0.2) is 0 Å². The Balaban J connectivity index is 2.11. The highest BCUT2D eigenvalue weighted by molar-refractivity contribution is 5.55. The molecule has 7 heteroatoms. The van der Waals surface area contributed by atoms with Gasteiger partial charge in [0.2, 0.25) is 11.9 Å². The van der Waals surface area contributed by atoms with Crippen LogP contribution in [0, 0.1) is 0 Å². The SMILES string of the molecule is CC(C)Oc1ccc(Nc2nc(N)nc(CO)n2)cc1. The number of benzene rings is 1. The lowest BCUT2D eigenvalue weighted by Gasteiger charge is -2.10. The van der Waals surface area contributed by atoms with Crippen LogP contribution in [0.4, 0.5) is 17.6 Å². The number of rotatable bonds is 5. The van der Waals surface area contributed by atoms with Gasteiger partial charge < -0.3 is 20.9 Å². The zero-order valence-electron chi connectivity index (χ0n) is 11.4. The molecule has 2 rings (SSSR count). The molecule has 0 bridgehead atoms. The summed E-state index contributed by atoms with van der Waals surface area (Å²) in [4.78, 5) is 11.8. The van der Waals surface area contributed by atoms with Crippen molar-refractivity contribution in [1.29, 1.82) is 0 Å². The monoisotopic (exact) mass is 275 g/mol. The van der Waals surface area contributed by atoms with Gasteiger partial charge in [0.15, 0.2) is 5.82 Å². The van der Waals surface area contributed by atoms with E-state index in [9.17, 15) is 0 Å². The number of aliphatic hydroxyl groups is 1. The van der Waals surface area contributed by atoms with Crippen molar-refractivity contribution in [3.05, 3.63) is 30.1 Å². The Morgan fingerprint density at radius 2 is 1.90 bits per heavy atom. The molecule has 0 saturated heterocycles. The molecule has 1 aromatic carbocycles. The first-order chi connectivity index (χ1) is 9.56. The average molecular weight is 275 g/mol. The van der Waals surface area contributed by atoms with Gasteiger partial charge in [-0.3, -0.25) is 0 Å². The van der Waals surface area contributed by atoms with E-state index in [1.54, 1.807) is 0 Å². The van der Waals surface area contributed by atoms with Crippen molar-refractivity contribution in [2.45, 2.75) is 26.6 Å². The summed E-state index contributed by atoms with van der Waals surface area (Å²) in [5, 5.41) is 12.0. The lowest BCUT2D eigenvalue weighted by Crippen LogP contribution is -2.07. The van der Waals surface area contributed by atoms with Crippen molar-refractivity contribution in [2.24, 2.45) is 0 Å². The molecule has 0 radical (unpaired) electrons. The van der Waals surface area contributed by atoms with Crippen LogP contribution in [0.2, 0.25) is 0 Å². The largest absolute Gasteiger partial charge is 0.491 e. The number of nitrogens with zero attached hydrogens (tertiary/aromatic N) is 3. The molecule has 7 nitrogen and oxygen atoms in total. The van der Waals surface area contributed by atoms with Crippen molar-refractivity contribution in [3.8, 4) is 5.75 Å². The summed E-state index contributed by atoms with van der Waals surface area (Å²) in [7, 11) is 0. The number of nitrogen functional groups attached to an aromatic ring is 1. The van der Waals surface area contributed by atoms with Crippen molar-refractivity contribution < 1.29 is 9.84 Å². The number of anilines is 3. The lowest BCUT2D eigenvalue weighted by atomic mass is 10.3. The number of hydrogen-bond acceptors (Lipinski definition) is 7. The number of nitrogens with two attached hydrogens (primary N) is 1. The van der Waals surface area contributed by atoms with Gasteiger partial charge >= 0.3 is 0 Å². The molecule has 0 atom stereocenters. The third-order valence-corrected chi connectivity index (χ3v) is 2.32. The summed E-state index contributed by atoms with van der Waals surface area (Å²) in [6.45, 7) is 3.65. The van der Waals surface area contributed by atoms with Gasteiger partial charge in [-0.1, -0.05) is 0 Å². The molecular formula is C13H17N5O2. The molecule has 1 heterocycles. The number of hydrogen-bond donors (Lipinski definition) is 3. The van der Waals surface area contributed by atoms with Crippen LogP contribution in [0.5, 0.6) is 5.75 Å². The first kappa shape index (κ1) is 14.0. The number of ether oxygens (including phenoxy) is 1. The third-order valence-electron chi connectivity index (χ3n) is 2.32. The number of aliphatic hydroxyl groups excluding tert-OH is 1. The minimum atomic E-state index is -0.289. The van der Waals surface area contributed by atoms with E-state index >= 15 is 0 Å². The fraction of sp³-hybridized carbons (Fsp3) is 0.308. The van der Waals surface area contributed by atoms with Crippen molar-refractivity contribution >= 4 is 17.6 Å². The van der Waals surface area contributed by atoms with Gasteiger partial charge in [0.05, 0.1) is 6.10 Å².